The lowest BCUT2D eigenvalue weighted by Crippen LogP contribution is -2.56. The van der Waals surface area contributed by atoms with Crippen molar-refractivity contribution in [3.63, 3.8) is 0 Å². The zero-order valence-electron chi connectivity index (χ0n) is 14.3. The summed E-state index contributed by atoms with van der Waals surface area (Å²) in [6.07, 6.45) is 3.03. The normalized spacial score (nSPS) is 19.4. The molecule has 0 N–H and O–H groups in total. The van der Waals surface area contributed by atoms with E-state index in [9.17, 15) is 9.18 Å². The maximum absolute atomic E-state index is 13.2. The summed E-state index contributed by atoms with van der Waals surface area (Å²) in [6.45, 7) is 3.04. The van der Waals surface area contributed by atoms with Gasteiger partial charge in [0.05, 0.1) is 5.41 Å². The number of rotatable bonds is 3. The van der Waals surface area contributed by atoms with E-state index in [0.29, 0.717) is 0 Å². The molecule has 1 saturated heterocycles. The molecule has 4 heteroatoms. The van der Waals surface area contributed by atoms with Crippen LogP contribution in [0, 0.1) is 5.82 Å². The van der Waals surface area contributed by atoms with Gasteiger partial charge in [-0.25, -0.2) is 4.39 Å². The topological polar surface area (TPSA) is 23.6 Å². The second-order valence-corrected chi connectivity index (χ2v) is 7.06. The summed E-state index contributed by atoms with van der Waals surface area (Å²) in [6, 6.07) is 16.8. The average molecular weight is 338 g/mol. The Morgan fingerprint density at radius 1 is 0.880 bits per heavy atom. The number of anilines is 1. The largest absolute Gasteiger partial charge is 0.368 e. The Hall–Kier alpha value is -2.36. The van der Waals surface area contributed by atoms with Crippen molar-refractivity contribution in [2.75, 3.05) is 31.1 Å². The number of benzene rings is 2. The zero-order valence-corrected chi connectivity index (χ0v) is 14.3. The summed E-state index contributed by atoms with van der Waals surface area (Å²) in [4.78, 5) is 17.5. The van der Waals surface area contributed by atoms with E-state index in [1.54, 1.807) is 0 Å². The molecule has 2 aromatic rings. The minimum absolute atomic E-state index is 0.215. The predicted molar refractivity (Wildman–Crippen MR) is 97.2 cm³/mol. The number of hydrogen-bond acceptors (Lipinski definition) is 2. The Bertz CT molecular complexity index is 732. The standard InChI is InChI=1S/C21H23FN2O/c22-18-7-9-19(10-8-18)23-13-15-24(16-14-23)20(25)21(11-4-12-21)17-5-2-1-3-6-17/h1-3,5-10H,4,11-16H2. The van der Waals surface area contributed by atoms with Crippen molar-refractivity contribution < 1.29 is 9.18 Å². The lowest BCUT2D eigenvalue weighted by molar-refractivity contribution is -0.141. The predicted octanol–water partition coefficient (Wildman–Crippen LogP) is 3.60. The van der Waals surface area contributed by atoms with Gasteiger partial charge in [0.2, 0.25) is 5.91 Å². The van der Waals surface area contributed by atoms with Crippen LogP contribution in [0.4, 0.5) is 10.1 Å². The maximum atomic E-state index is 13.2. The molecule has 4 rings (SSSR count). The molecule has 0 bridgehead atoms. The molecular formula is C21H23FN2O. The van der Waals surface area contributed by atoms with E-state index in [2.05, 4.69) is 17.0 Å². The van der Waals surface area contributed by atoms with Gasteiger partial charge in [0.1, 0.15) is 5.82 Å². The number of hydrogen-bond donors (Lipinski definition) is 0. The summed E-state index contributed by atoms with van der Waals surface area (Å²) in [5, 5.41) is 0. The van der Waals surface area contributed by atoms with Crippen molar-refractivity contribution in [3.8, 4) is 0 Å². The minimum Gasteiger partial charge on any atom is -0.368 e. The van der Waals surface area contributed by atoms with Gasteiger partial charge in [0, 0.05) is 31.9 Å². The van der Waals surface area contributed by atoms with Crippen LogP contribution in [0.25, 0.3) is 0 Å². The highest BCUT2D eigenvalue weighted by Crippen LogP contribution is 2.45. The van der Waals surface area contributed by atoms with Crippen molar-refractivity contribution in [2.24, 2.45) is 0 Å². The van der Waals surface area contributed by atoms with E-state index in [0.717, 1.165) is 56.7 Å². The maximum Gasteiger partial charge on any atom is 0.233 e. The van der Waals surface area contributed by atoms with Crippen molar-refractivity contribution in [1.29, 1.82) is 0 Å². The van der Waals surface area contributed by atoms with Crippen LogP contribution in [-0.4, -0.2) is 37.0 Å². The third-order valence-corrected chi connectivity index (χ3v) is 5.70. The summed E-state index contributed by atoms with van der Waals surface area (Å²) >= 11 is 0. The minimum atomic E-state index is -0.306. The second kappa shape index (κ2) is 6.51. The average Bonchev–Trinajstić information content (AvgIpc) is 2.62. The van der Waals surface area contributed by atoms with E-state index in [4.69, 9.17) is 0 Å². The van der Waals surface area contributed by atoms with Gasteiger partial charge < -0.3 is 9.80 Å². The van der Waals surface area contributed by atoms with Gasteiger partial charge in [-0.3, -0.25) is 4.79 Å². The molecule has 1 heterocycles. The summed E-state index contributed by atoms with van der Waals surface area (Å²) < 4.78 is 13.1. The van der Waals surface area contributed by atoms with Gasteiger partial charge in [-0.05, 0) is 42.7 Å². The van der Waals surface area contributed by atoms with Crippen molar-refractivity contribution in [3.05, 3.63) is 66.0 Å². The third kappa shape index (κ3) is 2.90. The van der Waals surface area contributed by atoms with Gasteiger partial charge in [-0.15, -0.1) is 0 Å². The molecule has 0 aromatic heterocycles. The molecule has 2 fully saturated rings. The quantitative estimate of drug-likeness (QED) is 0.854. The first-order chi connectivity index (χ1) is 12.2. The van der Waals surface area contributed by atoms with Gasteiger partial charge in [-0.2, -0.15) is 0 Å². The lowest BCUT2D eigenvalue weighted by atomic mass is 9.63. The summed E-state index contributed by atoms with van der Waals surface area (Å²) in [5.41, 5.74) is 1.88. The first kappa shape index (κ1) is 16.1. The molecule has 1 saturated carbocycles. The highest BCUT2D eigenvalue weighted by atomic mass is 19.1. The number of nitrogens with zero attached hydrogens (tertiary/aromatic N) is 2. The molecule has 0 spiro atoms. The molecule has 0 unspecified atom stereocenters. The Balaban J connectivity index is 1.45. The van der Waals surface area contributed by atoms with Crippen LogP contribution < -0.4 is 4.90 Å². The number of halogens is 1. The molecule has 1 aliphatic heterocycles. The molecular weight excluding hydrogens is 315 g/mol. The fourth-order valence-electron chi connectivity index (χ4n) is 4.04. The summed E-state index contributed by atoms with van der Waals surface area (Å²) in [7, 11) is 0. The van der Waals surface area contributed by atoms with Crippen molar-refractivity contribution in [1.82, 2.24) is 4.90 Å². The fourth-order valence-corrected chi connectivity index (χ4v) is 4.04. The van der Waals surface area contributed by atoms with Crippen LogP contribution >= 0.6 is 0 Å². The molecule has 25 heavy (non-hydrogen) atoms. The number of piperazine rings is 1. The SMILES string of the molecule is O=C(N1CCN(c2ccc(F)cc2)CC1)C1(c2ccccc2)CCC1. The van der Waals surface area contributed by atoms with Crippen molar-refractivity contribution in [2.45, 2.75) is 24.7 Å². The molecule has 0 radical (unpaired) electrons. The van der Waals surface area contributed by atoms with Gasteiger partial charge in [0.15, 0.2) is 0 Å². The Kier molecular flexibility index (Phi) is 4.20. The van der Waals surface area contributed by atoms with Crippen LogP contribution in [0.1, 0.15) is 24.8 Å². The molecule has 0 atom stereocenters. The molecule has 1 amide bonds. The van der Waals surface area contributed by atoms with Crippen LogP contribution in [0.2, 0.25) is 0 Å². The van der Waals surface area contributed by atoms with Crippen LogP contribution in [0.5, 0.6) is 0 Å². The Labute approximate surface area is 148 Å². The van der Waals surface area contributed by atoms with Crippen LogP contribution in [0.15, 0.2) is 54.6 Å². The van der Waals surface area contributed by atoms with Gasteiger partial charge in [-0.1, -0.05) is 36.8 Å². The highest BCUT2D eigenvalue weighted by molar-refractivity contribution is 5.89. The van der Waals surface area contributed by atoms with E-state index in [-0.39, 0.29) is 17.1 Å². The Morgan fingerprint density at radius 2 is 1.52 bits per heavy atom. The first-order valence-electron chi connectivity index (χ1n) is 9.04. The number of carbonyl (C=O) groups excluding carboxylic acids is 1. The van der Waals surface area contributed by atoms with E-state index in [1.807, 2.05) is 35.2 Å². The second-order valence-electron chi connectivity index (χ2n) is 7.06. The van der Waals surface area contributed by atoms with E-state index in [1.165, 1.54) is 12.1 Å². The van der Waals surface area contributed by atoms with Crippen molar-refractivity contribution >= 4 is 11.6 Å². The van der Waals surface area contributed by atoms with E-state index < -0.39 is 0 Å². The van der Waals surface area contributed by atoms with E-state index >= 15 is 0 Å². The molecule has 130 valence electrons. The number of amides is 1. The zero-order chi connectivity index (χ0) is 17.3. The van der Waals surface area contributed by atoms with Crippen LogP contribution in [0.3, 0.4) is 0 Å². The van der Waals surface area contributed by atoms with Crippen LogP contribution in [-0.2, 0) is 10.2 Å². The monoisotopic (exact) mass is 338 g/mol. The Morgan fingerprint density at radius 3 is 2.08 bits per heavy atom. The van der Waals surface area contributed by atoms with Gasteiger partial charge >= 0.3 is 0 Å². The highest BCUT2D eigenvalue weighted by Gasteiger charge is 2.47. The molecule has 3 nitrogen and oxygen atoms in total. The first-order valence-corrected chi connectivity index (χ1v) is 9.04. The molecule has 1 aliphatic carbocycles. The molecule has 2 aliphatic rings. The lowest BCUT2D eigenvalue weighted by Gasteiger charge is -2.46. The van der Waals surface area contributed by atoms with Gasteiger partial charge in [0.25, 0.3) is 0 Å². The smallest absolute Gasteiger partial charge is 0.233 e. The molecule has 2 aromatic carbocycles. The fraction of sp³-hybridized carbons (Fsp3) is 0.381. The summed E-state index contributed by atoms with van der Waals surface area (Å²) in [5.74, 6) is 0.0658. The third-order valence-electron chi connectivity index (χ3n) is 5.70. The number of carbonyl (C=O) groups is 1.